The Kier molecular flexibility index (Phi) is 7.06. The van der Waals surface area contributed by atoms with Crippen LogP contribution < -0.4 is 0 Å². The summed E-state index contributed by atoms with van der Waals surface area (Å²) < 4.78 is 29.3. The highest BCUT2D eigenvalue weighted by Gasteiger charge is 2.25. The third-order valence-electron chi connectivity index (χ3n) is 6.61. The lowest BCUT2D eigenvalue weighted by Gasteiger charge is -2.34. The third-order valence-corrected chi connectivity index (χ3v) is 8.66. The van der Waals surface area contributed by atoms with Crippen molar-refractivity contribution in [3.05, 3.63) is 59.4 Å². The lowest BCUT2D eigenvalue weighted by Crippen LogP contribution is -2.48. The molecule has 1 amide bonds. The number of piperazine rings is 1. The molecule has 0 radical (unpaired) electrons. The van der Waals surface area contributed by atoms with Crippen LogP contribution in [0.4, 0.5) is 0 Å². The molecule has 182 valence electrons. The molecule has 4 rings (SSSR count). The summed E-state index contributed by atoms with van der Waals surface area (Å²) in [6.45, 7) is 10.1. The van der Waals surface area contributed by atoms with Crippen LogP contribution >= 0.6 is 0 Å². The Morgan fingerprint density at radius 2 is 1.65 bits per heavy atom. The molecule has 34 heavy (non-hydrogen) atoms. The van der Waals surface area contributed by atoms with Crippen molar-refractivity contribution in [2.24, 2.45) is 7.05 Å². The number of carbonyl (C=O) groups excluding carboxylic acids is 1. The predicted molar refractivity (Wildman–Crippen MR) is 133 cm³/mol. The molecule has 8 nitrogen and oxygen atoms in total. The van der Waals surface area contributed by atoms with Gasteiger partial charge in [0.25, 0.3) is 5.91 Å². The number of hydrogen-bond donors (Lipinski definition) is 0. The van der Waals surface area contributed by atoms with Gasteiger partial charge in [0, 0.05) is 51.9 Å². The minimum Gasteiger partial charge on any atom is -0.336 e. The maximum Gasteiger partial charge on any atom is 0.253 e. The molecule has 1 aromatic heterocycles. The summed E-state index contributed by atoms with van der Waals surface area (Å²) in [7, 11) is -1.57. The van der Waals surface area contributed by atoms with Crippen molar-refractivity contribution in [2.75, 3.05) is 39.3 Å². The first-order valence-corrected chi connectivity index (χ1v) is 13.2. The van der Waals surface area contributed by atoms with E-state index in [0.717, 1.165) is 35.6 Å². The van der Waals surface area contributed by atoms with Crippen molar-refractivity contribution in [2.45, 2.75) is 32.2 Å². The van der Waals surface area contributed by atoms with E-state index in [1.807, 2.05) is 67.6 Å². The van der Waals surface area contributed by atoms with Gasteiger partial charge >= 0.3 is 0 Å². The second kappa shape index (κ2) is 9.85. The van der Waals surface area contributed by atoms with Gasteiger partial charge in [0.05, 0.1) is 22.5 Å². The first-order valence-electron chi connectivity index (χ1n) is 11.8. The van der Waals surface area contributed by atoms with Gasteiger partial charge in [-0.1, -0.05) is 31.5 Å². The van der Waals surface area contributed by atoms with Crippen LogP contribution in [-0.2, 0) is 23.6 Å². The van der Waals surface area contributed by atoms with Crippen LogP contribution in [0.15, 0.2) is 47.4 Å². The Labute approximate surface area is 201 Å². The summed E-state index contributed by atoms with van der Waals surface area (Å²) in [6.07, 6.45) is 0. The van der Waals surface area contributed by atoms with Crippen molar-refractivity contribution in [1.82, 2.24) is 23.7 Å². The van der Waals surface area contributed by atoms with Crippen LogP contribution in [-0.4, -0.2) is 77.2 Å². The Morgan fingerprint density at radius 3 is 2.26 bits per heavy atom. The van der Waals surface area contributed by atoms with E-state index in [9.17, 15) is 13.2 Å². The average Bonchev–Trinajstić information content (AvgIpc) is 3.14. The van der Waals surface area contributed by atoms with Crippen molar-refractivity contribution in [3.63, 3.8) is 0 Å². The van der Waals surface area contributed by atoms with E-state index < -0.39 is 10.0 Å². The predicted octanol–water partition coefficient (Wildman–Crippen LogP) is 2.87. The largest absolute Gasteiger partial charge is 0.336 e. The Balaban J connectivity index is 1.45. The first kappa shape index (κ1) is 24.4. The van der Waals surface area contributed by atoms with Gasteiger partial charge in [0.15, 0.2) is 0 Å². The molecule has 0 saturated carbocycles. The number of benzene rings is 2. The molecule has 0 bridgehead atoms. The van der Waals surface area contributed by atoms with Crippen LogP contribution in [0.2, 0.25) is 0 Å². The number of nitrogens with zero attached hydrogens (tertiary/aromatic N) is 5. The first-order chi connectivity index (χ1) is 16.2. The number of carbonyl (C=O) groups is 1. The van der Waals surface area contributed by atoms with E-state index in [1.165, 1.54) is 4.31 Å². The molecule has 1 aliphatic rings. The lowest BCUT2D eigenvalue weighted by atomic mass is 10.1. The van der Waals surface area contributed by atoms with Gasteiger partial charge in [-0.15, -0.1) is 0 Å². The number of aryl methyl sites for hydroxylation is 2. The molecule has 3 aromatic rings. The normalized spacial score (nSPS) is 15.4. The fraction of sp³-hybridized carbons (Fsp3) is 0.440. The van der Waals surface area contributed by atoms with Gasteiger partial charge < -0.3 is 9.47 Å². The summed E-state index contributed by atoms with van der Waals surface area (Å²) in [6, 6.07) is 12.9. The van der Waals surface area contributed by atoms with Crippen LogP contribution in [0.25, 0.3) is 11.0 Å². The summed E-state index contributed by atoms with van der Waals surface area (Å²) in [5.74, 6) is 0.954. The van der Waals surface area contributed by atoms with E-state index in [4.69, 9.17) is 4.98 Å². The molecule has 1 aliphatic heterocycles. The Morgan fingerprint density at radius 1 is 1.00 bits per heavy atom. The van der Waals surface area contributed by atoms with Crippen LogP contribution in [0.1, 0.15) is 35.6 Å². The zero-order valence-electron chi connectivity index (χ0n) is 20.4. The van der Waals surface area contributed by atoms with E-state index in [-0.39, 0.29) is 10.8 Å². The summed E-state index contributed by atoms with van der Waals surface area (Å²) in [4.78, 5) is 22.0. The number of aromatic nitrogens is 2. The molecule has 0 atom stereocenters. The van der Waals surface area contributed by atoms with Gasteiger partial charge in [-0.3, -0.25) is 9.69 Å². The smallest absolute Gasteiger partial charge is 0.253 e. The quantitative estimate of drug-likeness (QED) is 0.516. The van der Waals surface area contributed by atoms with Crippen LogP contribution in [0.3, 0.4) is 0 Å². The van der Waals surface area contributed by atoms with Crippen LogP contribution in [0.5, 0.6) is 0 Å². The van der Waals surface area contributed by atoms with Crippen molar-refractivity contribution >= 4 is 27.0 Å². The van der Waals surface area contributed by atoms with E-state index >= 15 is 0 Å². The minimum absolute atomic E-state index is 0.0734. The fourth-order valence-corrected chi connectivity index (χ4v) is 5.91. The highest BCUT2D eigenvalue weighted by atomic mass is 32.2. The number of sulfonamides is 1. The third kappa shape index (κ3) is 4.73. The maximum atomic E-state index is 12.9. The van der Waals surface area contributed by atoms with Crippen molar-refractivity contribution in [3.8, 4) is 0 Å². The molecular formula is C25H33N5O3S. The summed E-state index contributed by atoms with van der Waals surface area (Å²) in [5.41, 5.74) is 3.45. The number of fused-ring (bicyclic) bond motifs is 1. The summed E-state index contributed by atoms with van der Waals surface area (Å²) >= 11 is 0. The number of rotatable bonds is 7. The zero-order valence-corrected chi connectivity index (χ0v) is 21.2. The molecule has 2 heterocycles. The molecule has 0 spiro atoms. The van der Waals surface area contributed by atoms with Gasteiger partial charge in [-0.2, -0.15) is 4.31 Å². The van der Waals surface area contributed by atoms with E-state index in [0.29, 0.717) is 38.2 Å². The van der Waals surface area contributed by atoms with E-state index in [1.54, 1.807) is 12.1 Å². The van der Waals surface area contributed by atoms with Gasteiger partial charge in [0.2, 0.25) is 10.0 Å². The Hall–Kier alpha value is -2.75. The monoisotopic (exact) mass is 483 g/mol. The second-order valence-electron chi connectivity index (χ2n) is 8.76. The average molecular weight is 484 g/mol. The van der Waals surface area contributed by atoms with Crippen LogP contribution in [0, 0.1) is 6.92 Å². The maximum absolute atomic E-state index is 12.9. The highest BCUT2D eigenvalue weighted by Crippen LogP contribution is 2.23. The Bertz CT molecular complexity index is 1270. The number of amides is 1. The zero-order chi connectivity index (χ0) is 24.5. The molecular weight excluding hydrogens is 450 g/mol. The molecule has 9 heteroatoms. The molecule has 2 aromatic carbocycles. The molecule has 1 fully saturated rings. The lowest BCUT2D eigenvalue weighted by molar-refractivity contribution is 0.0624. The van der Waals surface area contributed by atoms with Crippen molar-refractivity contribution in [1.29, 1.82) is 0 Å². The highest BCUT2D eigenvalue weighted by molar-refractivity contribution is 7.89. The number of hydrogen-bond acceptors (Lipinski definition) is 5. The molecule has 1 saturated heterocycles. The SMILES string of the molecule is CCN(CC)S(=O)(=O)c1ccc2c(c1)nc(CN1CCN(C(=O)c3ccc(C)cc3)CC1)n2C. The minimum atomic E-state index is -3.53. The standard InChI is InChI=1S/C25H33N5O3S/c1-5-30(6-2)34(32,33)21-11-12-23-22(17-21)26-24(27(23)4)18-28-13-15-29(16-14-28)25(31)20-9-7-19(3)8-10-20/h7-12,17H,5-6,13-16,18H2,1-4H3. The molecule has 0 N–H and O–H groups in total. The topological polar surface area (TPSA) is 78.8 Å². The van der Waals surface area contributed by atoms with Crippen molar-refractivity contribution < 1.29 is 13.2 Å². The summed E-state index contributed by atoms with van der Waals surface area (Å²) in [5, 5.41) is 0. The number of imidazole rings is 1. The van der Waals surface area contributed by atoms with Gasteiger partial charge in [-0.25, -0.2) is 13.4 Å². The fourth-order valence-electron chi connectivity index (χ4n) is 4.43. The van der Waals surface area contributed by atoms with Gasteiger partial charge in [0.1, 0.15) is 5.82 Å². The molecule has 0 aliphatic carbocycles. The second-order valence-corrected chi connectivity index (χ2v) is 10.7. The molecule has 0 unspecified atom stereocenters. The van der Waals surface area contributed by atoms with E-state index in [2.05, 4.69) is 4.90 Å². The van der Waals surface area contributed by atoms with Gasteiger partial charge in [-0.05, 0) is 37.3 Å².